The number of nitrogens with one attached hydrogen (secondary N) is 2. The monoisotopic (exact) mass is 443 g/mol. The maximum absolute atomic E-state index is 12.5. The van der Waals surface area contributed by atoms with Gasteiger partial charge in [0.25, 0.3) is 0 Å². The fraction of sp³-hybridized carbons (Fsp3) is 0.409. The van der Waals surface area contributed by atoms with Gasteiger partial charge in [-0.25, -0.2) is 4.79 Å². The lowest BCUT2D eigenvalue weighted by Gasteiger charge is -2.22. The van der Waals surface area contributed by atoms with E-state index in [4.69, 9.17) is 14.6 Å². The molecule has 8 nitrogen and oxygen atoms in total. The molecule has 0 fully saturated rings. The molecule has 1 atom stereocenters. The van der Waals surface area contributed by atoms with Crippen molar-refractivity contribution in [2.45, 2.75) is 38.2 Å². The van der Waals surface area contributed by atoms with Crippen LogP contribution in [0.1, 0.15) is 34.4 Å². The molecule has 0 aliphatic heterocycles. The number of nitriles is 1. The van der Waals surface area contributed by atoms with Crippen molar-refractivity contribution in [1.29, 1.82) is 5.26 Å². The summed E-state index contributed by atoms with van der Waals surface area (Å²) in [6, 6.07) is 9.79. The number of anilines is 1. The number of aryl methyl sites for hydroxylation is 1. The van der Waals surface area contributed by atoms with Crippen LogP contribution in [0.4, 0.5) is 9.80 Å². The summed E-state index contributed by atoms with van der Waals surface area (Å²) in [5, 5.41) is 24.3. The second-order valence-electron chi connectivity index (χ2n) is 7.14. The van der Waals surface area contributed by atoms with Crippen molar-refractivity contribution in [3.05, 3.63) is 45.8 Å². The molecule has 2 amide bonds. The van der Waals surface area contributed by atoms with Gasteiger partial charge >= 0.3 is 6.09 Å². The smallest absolute Gasteiger partial charge is 0.407 e. The minimum atomic E-state index is -0.564. The number of thiophene rings is 1. The third-order valence-electron chi connectivity index (χ3n) is 5.01. The molecule has 164 valence electrons. The molecule has 31 heavy (non-hydrogen) atoms. The number of ether oxygens (including phenoxy) is 2. The summed E-state index contributed by atoms with van der Waals surface area (Å²) in [4.78, 5) is 25.2. The summed E-state index contributed by atoms with van der Waals surface area (Å²) in [5.74, 6) is 0.589. The second-order valence-corrected chi connectivity index (χ2v) is 8.25. The van der Waals surface area contributed by atoms with Crippen molar-refractivity contribution in [3.8, 4) is 11.8 Å². The van der Waals surface area contributed by atoms with Crippen molar-refractivity contribution in [2.24, 2.45) is 0 Å². The number of carbonyl (C=O) groups is 2. The largest absolute Gasteiger partial charge is 0.497 e. The SMILES string of the molecule is COc1cccc(CCC(=O)Nc2sc3c(c2C#N)CCC(OC(=O)NCCO)C3)c1. The number of hydrogen-bond acceptors (Lipinski definition) is 7. The van der Waals surface area contributed by atoms with Crippen LogP contribution in [-0.4, -0.2) is 43.5 Å². The van der Waals surface area contributed by atoms with E-state index in [1.807, 2.05) is 24.3 Å². The molecule has 1 aromatic carbocycles. The van der Waals surface area contributed by atoms with Crippen LogP contribution in [0, 0.1) is 11.3 Å². The lowest BCUT2D eigenvalue weighted by Crippen LogP contribution is -2.33. The van der Waals surface area contributed by atoms with Gasteiger partial charge in [-0.05, 0) is 42.5 Å². The Hall–Kier alpha value is -3.09. The fourth-order valence-corrected chi connectivity index (χ4v) is 4.77. The van der Waals surface area contributed by atoms with E-state index in [-0.39, 0.29) is 31.6 Å². The Kier molecular flexibility index (Phi) is 7.87. The first-order valence-corrected chi connectivity index (χ1v) is 10.9. The molecule has 1 aromatic heterocycles. The number of alkyl carbamates (subject to hydrolysis) is 1. The summed E-state index contributed by atoms with van der Waals surface area (Å²) < 4.78 is 10.6. The van der Waals surface area contributed by atoms with E-state index in [0.717, 1.165) is 21.8 Å². The molecule has 0 radical (unpaired) electrons. The highest BCUT2D eigenvalue weighted by Gasteiger charge is 2.28. The molecule has 2 aromatic rings. The third-order valence-corrected chi connectivity index (χ3v) is 6.18. The average Bonchev–Trinajstić information content (AvgIpc) is 3.12. The summed E-state index contributed by atoms with van der Waals surface area (Å²) >= 11 is 1.37. The van der Waals surface area contributed by atoms with Gasteiger partial charge in [0.05, 0.1) is 19.3 Å². The van der Waals surface area contributed by atoms with Gasteiger partial charge in [-0.2, -0.15) is 5.26 Å². The van der Waals surface area contributed by atoms with E-state index >= 15 is 0 Å². The maximum Gasteiger partial charge on any atom is 0.407 e. The summed E-state index contributed by atoms with van der Waals surface area (Å²) in [5.41, 5.74) is 2.42. The van der Waals surface area contributed by atoms with E-state index in [9.17, 15) is 14.9 Å². The Morgan fingerprint density at radius 3 is 2.97 bits per heavy atom. The quantitative estimate of drug-likeness (QED) is 0.577. The second kappa shape index (κ2) is 10.8. The zero-order valence-electron chi connectivity index (χ0n) is 17.3. The van der Waals surface area contributed by atoms with Crippen LogP contribution in [0.15, 0.2) is 24.3 Å². The molecule has 1 heterocycles. The van der Waals surface area contributed by atoms with Crippen LogP contribution in [0.2, 0.25) is 0 Å². The minimum absolute atomic E-state index is 0.139. The van der Waals surface area contributed by atoms with Gasteiger partial charge in [0.2, 0.25) is 5.91 Å². The summed E-state index contributed by atoms with van der Waals surface area (Å²) in [6.07, 6.45) is 1.70. The molecular weight excluding hydrogens is 418 g/mol. The lowest BCUT2D eigenvalue weighted by atomic mass is 9.94. The van der Waals surface area contributed by atoms with Gasteiger partial charge in [0.15, 0.2) is 0 Å². The molecule has 1 aliphatic rings. The van der Waals surface area contributed by atoms with Crippen LogP contribution in [0.5, 0.6) is 5.75 Å². The number of fused-ring (bicyclic) bond motifs is 1. The summed E-state index contributed by atoms with van der Waals surface area (Å²) in [6.45, 7) is -0.0123. The number of hydrogen-bond donors (Lipinski definition) is 3. The molecule has 0 bridgehead atoms. The van der Waals surface area contributed by atoms with Gasteiger partial charge in [-0.3, -0.25) is 4.79 Å². The number of aliphatic hydroxyl groups excluding tert-OH is 1. The number of aliphatic hydroxyl groups is 1. The molecule has 0 spiro atoms. The van der Waals surface area contributed by atoms with Crippen molar-refractivity contribution < 1.29 is 24.2 Å². The molecule has 0 saturated carbocycles. The van der Waals surface area contributed by atoms with E-state index in [1.165, 1.54) is 11.3 Å². The fourth-order valence-electron chi connectivity index (χ4n) is 3.49. The maximum atomic E-state index is 12.5. The van der Waals surface area contributed by atoms with E-state index in [2.05, 4.69) is 16.7 Å². The minimum Gasteiger partial charge on any atom is -0.497 e. The first-order chi connectivity index (χ1) is 15.0. The Bertz CT molecular complexity index is 982. The number of benzene rings is 1. The van der Waals surface area contributed by atoms with Gasteiger partial charge in [-0.1, -0.05) is 12.1 Å². The Morgan fingerprint density at radius 2 is 2.23 bits per heavy atom. The van der Waals surface area contributed by atoms with Gasteiger partial charge < -0.3 is 25.2 Å². The Balaban J connectivity index is 1.60. The van der Waals surface area contributed by atoms with Gasteiger partial charge in [0.1, 0.15) is 22.9 Å². The highest BCUT2D eigenvalue weighted by Crippen LogP contribution is 2.38. The normalized spacial score (nSPS) is 14.8. The summed E-state index contributed by atoms with van der Waals surface area (Å²) in [7, 11) is 1.60. The van der Waals surface area contributed by atoms with Crippen LogP contribution >= 0.6 is 11.3 Å². The third kappa shape index (κ3) is 5.96. The van der Waals surface area contributed by atoms with Crippen molar-refractivity contribution >= 4 is 28.3 Å². The Labute approximate surface area is 184 Å². The molecule has 0 saturated heterocycles. The highest BCUT2D eigenvalue weighted by atomic mass is 32.1. The standard InChI is InChI=1S/C22H25N3O5S/c1-29-15-4-2-3-14(11-15)5-8-20(27)25-21-18(13-23)17-7-6-16(12-19(17)31-21)30-22(28)24-9-10-26/h2-4,11,16,26H,5-10,12H2,1H3,(H,24,28)(H,25,27). The molecule has 3 rings (SSSR count). The first-order valence-electron chi connectivity index (χ1n) is 10.1. The predicted octanol–water partition coefficient (Wildman–Crippen LogP) is 2.78. The molecule has 1 unspecified atom stereocenters. The highest BCUT2D eigenvalue weighted by molar-refractivity contribution is 7.16. The first kappa shape index (κ1) is 22.6. The van der Waals surface area contributed by atoms with Crippen LogP contribution in [0.3, 0.4) is 0 Å². The van der Waals surface area contributed by atoms with Crippen LogP contribution < -0.4 is 15.4 Å². The number of methoxy groups -OCH3 is 1. The van der Waals surface area contributed by atoms with Crippen LogP contribution in [0.25, 0.3) is 0 Å². The average molecular weight is 444 g/mol. The molecular formula is C22H25N3O5S. The van der Waals surface area contributed by atoms with Gasteiger partial charge in [-0.15, -0.1) is 11.3 Å². The number of rotatable bonds is 8. The van der Waals surface area contributed by atoms with E-state index in [0.29, 0.717) is 36.2 Å². The number of carbonyl (C=O) groups excluding carboxylic acids is 2. The van der Waals surface area contributed by atoms with E-state index < -0.39 is 6.09 Å². The zero-order chi connectivity index (χ0) is 22.2. The lowest BCUT2D eigenvalue weighted by molar-refractivity contribution is -0.116. The van der Waals surface area contributed by atoms with Gasteiger partial charge in [0, 0.05) is 24.3 Å². The van der Waals surface area contributed by atoms with Crippen molar-refractivity contribution in [3.63, 3.8) is 0 Å². The zero-order valence-corrected chi connectivity index (χ0v) is 18.1. The van der Waals surface area contributed by atoms with Crippen LogP contribution in [-0.2, 0) is 28.8 Å². The predicted molar refractivity (Wildman–Crippen MR) is 116 cm³/mol. The number of nitrogens with zero attached hydrogens (tertiary/aromatic N) is 1. The van der Waals surface area contributed by atoms with Crippen molar-refractivity contribution in [1.82, 2.24) is 5.32 Å². The molecule has 9 heteroatoms. The van der Waals surface area contributed by atoms with Crippen molar-refractivity contribution in [2.75, 3.05) is 25.6 Å². The molecule has 3 N–H and O–H groups in total. The number of amides is 2. The topological polar surface area (TPSA) is 121 Å². The molecule has 1 aliphatic carbocycles. The Morgan fingerprint density at radius 1 is 1.39 bits per heavy atom. The van der Waals surface area contributed by atoms with E-state index in [1.54, 1.807) is 7.11 Å².